The summed E-state index contributed by atoms with van der Waals surface area (Å²) >= 11 is 0. The molecule has 1 fully saturated rings. The van der Waals surface area contributed by atoms with E-state index in [1.807, 2.05) is 49.1 Å². The summed E-state index contributed by atoms with van der Waals surface area (Å²) in [6.07, 6.45) is 2.01. The number of halogens is 1. The number of hydrogen-bond acceptors (Lipinski definition) is 3. The number of piperidine rings is 1. The van der Waals surface area contributed by atoms with Crippen LogP contribution in [0.15, 0.2) is 42.5 Å². The van der Waals surface area contributed by atoms with Crippen LogP contribution >= 0.6 is 12.4 Å². The minimum absolute atomic E-state index is 0. The average molecular weight is 415 g/mol. The van der Waals surface area contributed by atoms with Crippen molar-refractivity contribution in [3.63, 3.8) is 0 Å². The molecule has 0 aromatic heterocycles. The Morgan fingerprint density at radius 3 is 2.28 bits per heavy atom. The monoisotopic (exact) mass is 414 g/mol. The van der Waals surface area contributed by atoms with Gasteiger partial charge in [-0.05, 0) is 69.0 Å². The highest BCUT2D eigenvalue weighted by atomic mass is 35.5. The van der Waals surface area contributed by atoms with E-state index in [2.05, 4.69) is 12.2 Å². The standard InChI is InChI=1S/C24H30N2O2.ClH/c1-4-25-16-19-11-13-26(14-12-19)24(28)22-8-6-5-7-21(22)23(27)20-10-9-17(2)18(3)15-20;/h5-10,15,19,25H,4,11-14,16H2,1-3H3;1H. The zero-order valence-electron chi connectivity index (χ0n) is 17.5. The summed E-state index contributed by atoms with van der Waals surface area (Å²) in [6, 6.07) is 12.9. The van der Waals surface area contributed by atoms with Gasteiger partial charge in [0.15, 0.2) is 5.78 Å². The Morgan fingerprint density at radius 2 is 1.66 bits per heavy atom. The predicted octanol–water partition coefficient (Wildman–Crippen LogP) is 4.42. The molecule has 3 rings (SSSR count). The number of amides is 1. The second kappa shape index (κ2) is 10.6. The Morgan fingerprint density at radius 1 is 1.00 bits per heavy atom. The average Bonchev–Trinajstić information content (AvgIpc) is 2.73. The SMILES string of the molecule is CCNCC1CCN(C(=O)c2ccccc2C(=O)c2ccc(C)c(C)c2)CC1.Cl. The first-order valence-corrected chi connectivity index (χ1v) is 10.2. The lowest BCUT2D eigenvalue weighted by atomic mass is 9.93. The van der Waals surface area contributed by atoms with Gasteiger partial charge in [0.05, 0.1) is 5.56 Å². The number of likely N-dealkylation sites (tertiary alicyclic amines) is 1. The highest BCUT2D eigenvalue weighted by molar-refractivity contribution is 6.15. The van der Waals surface area contributed by atoms with Crippen LogP contribution in [0.2, 0.25) is 0 Å². The van der Waals surface area contributed by atoms with Crippen molar-refractivity contribution in [1.82, 2.24) is 10.2 Å². The van der Waals surface area contributed by atoms with E-state index in [0.29, 0.717) is 22.6 Å². The smallest absolute Gasteiger partial charge is 0.254 e. The van der Waals surface area contributed by atoms with Crippen LogP contribution in [-0.4, -0.2) is 42.8 Å². The third-order valence-electron chi connectivity index (χ3n) is 5.76. The quantitative estimate of drug-likeness (QED) is 0.712. The lowest BCUT2D eigenvalue weighted by molar-refractivity contribution is 0.0687. The molecular formula is C24H31ClN2O2. The van der Waals surface area contributed by atoms with Crippen LogP contribution < -0.4 is 5.32 Å². The maximum Gasteiger partial charge on any atom is 0.254 e. The molecule has 0 aliphatic carbocycles. The Labute approximate surface area is 180 Å². The van der Waals surface area contributed by atoms with Crippen molar-refractivity contribution >= 4 is 24.1 Å². The van der Waals surface area contributed by atoms with E-state index in [1.54, 1.807) is 12.1 Å². The molecule has 1 aliphatic rings. The highest BCUT2D eigenvalue weighted by Gasteiger charge is 2.26. The van der Waals surface area contributed by atoms with Gasteiger partial charge in [-0.3, -0.25) is 9.59 Å². The number of hydrogen-bond donors (Lipinski definition) is 1. The molecule has 156 valence electrons. The van der Waals surface area contributed by atoms with Gasteiger partial charge in [0.1, 0.15) is 0 Å². The molecular weight excluding hydrogens is 384 g/mol. The van der Waals surface area contributed by atoms with Crippen molar-refractivity contribution < 1.29 is 9.59 Å². The minimum Gasteiger partial charge on any atom is -0.339 e. The van der Waals surface area contributed by atoms with Crippen LogP contribution in [0.4, 0.5) is 0 Å². The van der Waals surface area contributed by atoms with Crippen LogP contribution in [0.5, 0.6) is 0 Å². The lowest BCUT2D eigenvalue weighted by Crippen LogP contribution is -2.41. The third-order valence-corrected chi connectivity index (χ3v) is 5.76. The van der Waals surface area contributed by atoms with Gasteiger partial charge < -0.3 is 10.2 Å². The van der Waals surface area contributed by atoms with Crippen molar-refractivity contribution in [2.75, 3.05) is 26.2 Å². The van der Waals surface area contributed by atoms with Crippen LogP contribution in [0.1, 0.15) is 57.2 Å². The van der Waals surface area contributed by atoms with E-state index in [-0.39, 0.29) is 24.1 Å². The number of benzene rings is 2. The fraction of sp³-hybridized carbons (Fsp3) is 0.417. The molecule has 1 heterocycles. The highest BCUT2D eigenvalue weighted by Crippen LogP contribution is 2.22. The van der Waals surface area contributed by atoms with Gasteiger partial charge in [0, 0.05) is 24.2 Å². The third kappa shape index (κ3) is 5.46. The number of carbonyl (C=O) groups is 2. The first-order chi connectivity index (χ1) is 13.5. The first-order valence-electron chi connectivity index (χ1n) is 10.2. The molecule has 0 radical (unpaired) electrons. The van der Waals surface area contributed by atoms with E-state index >= 15 is 0 Å². The van der Waals surface area contributed by atoms with Gasteiger partial charge in [0.25, 0.3) is 5.91 Å². The molecule has 29 heavy (non-hydrogen) atoms. The molecule has 1 N–H and O–H groups in total. The van der Waals surface area contributed by atoms with E-state index in [9.17, 15) is 9.59 Å². The zero-order chi connectivity index (χ0) is 20.1. The Kier molecular flexibility index (Phi) is 8.42. The number of rotatable bonds is 6. The van der Waals surface area contributed by atoms with Crippen LogP contribution in [0.25, 0.3) is 0 Å². The molecule has 4 nitrogen and oxygen atoms in total. The maximum absolute atomic E-state index is 13.2. The molecule has 0 spiro atoms. The second-order valence-corrected chi connectivity index (χ2v) is 7.72. The van der Waals surface area contributed by atoms with Gasteiger partial charge in [-0.15, -0.1) is 12.4 Å². The van der Waals surface area contributed by atoms with Crippen molar-refractivity contribution in [3.8, 4) is 0 Å². The molecule has 0 atom stereocenters. The number of nitrogens with one attached hydrogen (secondary N) is 1. The van der Waals surface area contributed by atoms with Crippen molar-refractivity contribution in [2.45, 2.75) is 33.6 Å². The van der Waals surface area contributed by atoms with Gasteiger partial charge in [0.2, 0.25) is 0 Å². The predicted molar refractivity (Wildman–Crippen MR) is 120 cm³/mol. The molecule has 2 aromatic carbocycles. The molecule has 0 unspecified atom stereocenters. The summed E-state index contributed by atoms with van der Waals surface area (Å²) in [5.41, 5.74) is 3.87. The normalized spacial score (nSPS) is 14.4. The summed E-state index contributed by atoms with van der Waals surface area (Å²) in [4.78, 5) is 28.2. The number of nitrogens with zero attached hydrogens (tertiary/aromatic N) is 1. The van der Waals surface area contributed by atoms with Gasteiger partial charge in [-0.25, -0.2) is 0 Å². The van der Waals surface area contributed by atoms with Crippen molar-refractivity contribution in [3.05, 3.63) is 70.3 Å². The van der Waals surface area contributed by atoms with Gasteiger partial charge in [-0.1, -0.05) is 37.3 Å². The van der Waals surface area contributed by atoms with Crippen LogP contribution in [0.3, 0.4) is 0 Å². The van der Waals surface area contributed by atoms with Gasteiger partial charge in [-0.2, -0.15) is 0 Å². The van der Waals surface area contributed by atoms with E-state index in [1.165, 1.54) is 0 Å². The van der Waals surface area contributed by atoms with Crippen LogP contribution in [-0.2, 0) is 0 Å². The summed E-state index contributed by atoms with van der Waals surface area (Å²) in [7, 11) is 0. The summed E-state index contributed by atoms with van der Waals surface area (Å²) in [5.74, 6) is 0.500. The minimum atomic E-state index is -0.0888. The van der Waals surface area contributed by atoms with E-state index < -0.39 is 0 Å². The molecule has 1 amide bonds. The largest absolute Gasteiger partial charge is 0.339 e. The fourth-order valence-electron chi connectivity index (χ4n) is 3.76. The maximum atomic E-state index is 13.2. The molecule has 1 saturated heterocycles. The number of ketones is 1. The van der Waals surface area contributed by atoms with Crippen molar-refractivity contribution in [1.29, 1.82) is 0 Å². The molecule has 1 aliphatic heterocycles. The van der Waals surface area contributed by atoms with Crippen LogP contribution in [0, 0.1) is 19.8 Å². The lowest BCUT2D eigenvalue weighted by Gasteiger charge is -2.32. The fourth-order valence-corrected chi connectivity index (χ4v) is 3.76. The van der Waals surface area contributed by atoms with E-state index in [4.69, 9.17) is 0 Å². The Bertz CT molecular complexity index is 858. The number of carbonyl (C=O) groups excluding carboxylic acids is 2. The topological polar surface area (TPSA) is 49.4 Å². The summed E-state index contributed by atoms with van der Waals surface area (Å²) in [5, 5.41) is 3.40. The molecule has 2 aromatic rings. The second-order valence-electron chi connectivity index (χ2n) is 7.72. The zero-order valence-corrected chi connectivity index (χ0v) is 18.3. The first kappa shape index (κ1) is 23.1. The Hall–Kier alpha value is -2.17. The van der Waals surface area contributed by atoms with Gasteiger partial charge >= 0.3 is 0 Å². The molecule has 0 saturated carbocycles. The molecule has 5 heteroatoms. The Balaban J connectivity index is 0.00000300. The summed E-state index contributed by atoms with van der Waals surface area (Å²) in [6.45, 7) is 9.64. The van der Waals surface area contributed by atoms with Crippen molar-refractivity contribution in [2.24, 2.45) is 5.92 Å². The number of aryl methyl sites for hydroxylation is 2. The summed E-state index contributed by atoms with van der Waals surface area (Å²) < 4.78 is 0. The van der Waals surface area contributed by atoms with E-state index in [0.717, 1.165) is 50.1 Å². The molecule has 0 bridgehead atoms.